The summed E-state index contributed by atoms with van der Waals surface area (Å²) in [6, 6.07) is 2.51. The van der Waals surface area contributed by atoms with Crippen molar-refractivity contribution in [1.82, 2.24) is 15.1 Å². The number of nitrogens with two attached hydrogens (primary N) is 1. The Kier molecular flexibility index (Phi) is 2.68. The van der Waals surface area contributed by atoms with Crippen LogP contribution < -0.4 is 10.5 Å². The summed E-state index contributed by atoms with van der Waals surface area (Å²) in [5.74, 6) is 0.565. The van der Waals surface area contributed by atoms with Gasteiger partial charge in [0.15, 0.2) is 5.82 Å². The molecule has 0 saturated carbocycles. The van der Waals surface area contributed by atoms with Gasteiger partial charge in [-0.2, -0.15) is 4.98 Å². The van der Waals surface area contributed by atoms with Gasteiger partial charge in [-0.05, 0) is 19.1 Å². The van der Waals surface area contributed by atoms with Crippen molar-refractivity contribution in [2.24, 2.45) is 0 Å². The standard InChI is InChI=1S/C8H9N5O3S/c1-5-11-8(16-12-5)13-17(14,15)6-2-3-7(9)10-4-6/h2-4H,1H3,(H2,9,10)(H,11,12,13). The summed E-state index contributed by atoms with van der Waals surface area (Å²) in [7, 11) is -3.78. The smallest absolute Gasteiger partial charge is 0.335 e. The second kappa shape index (κ2) is 4.01. The summed E-state index contributed by atoms with van der Waals surface area (Å²) < 4.78 is 30.4. The first kappa shape index (κ1) is 11.3. The van der Waals surface area contributed by atoms with Crippen molar-refractivity contribution in [1.29, 1.82) is 0 Å². The van der Waals surface area contributed by atoms with E-state index in [0.717, 1.165) is 6.20 Å². The van der Waals surface area contributed by atoms with E-state index in [1.807, 2.05) is 0 Å². The van der Waals surface area contributed by atoms with E-state index in [1.165, 1.54) is 12.1 Å². The Labute approximate surface area is 96.9 Å². The van der Waals surface area contributed by atoms with E-state index in [9.17, 15) is 8.42 Å². The van der Waals surface area contributed by atoms with Crippen LogP contribution in [0.5, 0.6) is 0 Å². The zero-order valence-corrected chi connectivity index (χ0v) is 9.60. The van der Waals surface area contributed by atoms with Crippen LogP contribution in [0, 0.1) is 6.92 Å². The monoisotopic (exact) mass is 255 g/mol. The van der Waals surface area contributed by atoms with E-state index in [2.05, 4.69) is 24.4 Å². The lowest BCUT2D eigenvalue weighted by Gasteiger charge is -2.02. The van der Waals surface area contributed by atoms with E-state index in [0.29, 0.717) is 5.82 Å². The fourth-order valence-electron chi connectivity index (χ4n) is 1.06. The minimum absolute atomic E-state index is 0.0393. The van der Waals surface area contributed by atoms with Gasteiger partial charge in [-0.15, -0.1) is 0 Å². The maximum Gasteiger partial charge on any atom is 0.335 e. The van der Waals surface area contributed by atoms with Crippen LogP contribution in [0.15, 0.2) is 27.7 Å². The number of anilines is 2. The van der Waals surface area contributed by atoms with E-state index in [1.54, 1.807) is 6.92 Å². The zero-order valence-electron chi connectivity index (χ0n) is 8.78. The lowest BCUT2D eigenvalue weighted by atomic mass is 10.5. The molecule has 8 nitrogen and oxygen atoms in total. The molecule has 0 radical (unpaired) electrons. The number of sulfonamides is 1. The highest BCUT2D eigenvalue weighted by molar-refractivity contribution is 7.92. The fraction of sp³-hybridized carbons (Fsp3) is 0.125. The molecule has 0 amide bonds. The van der Waals surface area contributed by atoms with Gasteiger partial charge in [0.25, 0.3) is 10.0 Å². The SMILES string of the molecule is Cc1noc(NS(=O)(=O)c2ccc(N)nc2)n1. The highest BCUT2D eigenvalue weighted by Crippen LogP contribution is 2.13. The highest BCUT2D eigenvalue weighted by Gasteiger charge is 2.17. The van der Waals surface area contributed by atoms with Crippen molar-refractivity contribution in [2.75, 3.05) is 10.5 Å². The van der Waals surface area contributed by atoms with Crippen molar-refractivity contribution >= 4 is 21.9 Å². The number of nitrogens with zero attached hydrogens (tertiary/aromatic N) is 3. The number of nitrogen functional groups attached to an aromatic ring is 1. The van der Waals surface area contributed by atoms with Gasteiger partial charge in [0, 0.05) is 6.20 Å². The molecular weight excluding hydrogens is 246 g/mol. The molecule has 90 valence electrons. The molecule has 17 heavy (non-hydrogen) atoms. The Hall–Kier alpha value is -2.16. The van der Waals surface area contributed by atoms with Gasteiger partial charge < -0.3 is 10.3 Å². The van der Waals surface area contributed by atoms with Crippen molar-refractivity contribution in [3.8, 4) is 0 Å². The molecule has 3 N–H and O–H groups in total. The van der Waals surface area contributed by atoms with Gasteiger partial charge in [0.2, 0.25) is 0 Å². The molecule has 2 rings (SSSR count). The van der Waals surface area contributed by atoms with Gasteiger partial charge >= 0.3 is 6.01 Å². The quantitative estimate of drug-likeness (QED) is 0.800. The van der Waals surface area contributed by atoms with Gasteiger partial charge in [-0.25, -0.2) is 18.1 Å². The number of hydrogen-bond acceptors (Lipinski definition) is 7. The van der Waals surface area contributed by atoms with Gasteiger partial charge in [0.1, 0.15) is 10.7 Å². The minimum Gasteiger partial charge on any atom is -0.384 e. The normalized spacial score (nSPS) is 11.4. The van der Waals surface area contributed by atoms with Crippen molar-refractivity contribution in [3.05, 3.63) is 24.2 Å². The van der Waals surface area contributed by atoms with Crippen LogP contribution in [0.3, 0.4) is 0 Å². The molecule has 0 atom stereocenters. The molecule has 2 heterocycles. The molecule has 0 saturated heterocycles. The molecule has 0 bridgehead atoms. The fourth-order valence-corrected chi connectivity index (χ4v) is 1.93. The average Bonchev–Trinajstić information content (AvgIpc) is 2.63. The molecule has 2 aromatic heterocycles. The molecule has 0 aromatic carbocycles. The first-order valence-corrected chi connectivity index (χ1v) is 6.00. The Bertz CT molecular complexity index is 619. The molecule has 0 aliphatic carbocycles. The van der Waals surface area contributed by atoms with Crippen LogP contribution >= 0.6 is 0 Å². The summed E-state index contributed by atoms with van der Waals surface area (Å²) >= 11 is 0. The summed E-state index contributed by atoms with van der Waals surface area (Å²) in [6.45, 7) is 1.58. The van der Waals surface area contributed by atoms with Gasteiger partial charge in [-0.3, -0.25) is 0 Å². The Morgan fingerprint density at radius 1 is 1.41 bits per heavy atom. The van der Waals surface area contributed by atoms with Crippen LogP contribution in [0.1, 0.15) is 5.82 Å². The third-order valence-electron chi connectivity index (χ3n) is 1.82. The van der Waals surface area contributed by atoms with Gasteiger partial charge in [0.05, 0.1) is 0 Å². The Morgan fingerprint density at radius 3 is 2.71 bits per heavy atom. The van der Waals surface area contributed by atoms with Crippen LogP contribution in [0.2, 0.25) is 0 Å². The van der Waals surface area contributed by atoms with E-state index >= 15 is 0 Å². The van der Waals surface area contributed by atoms with Crippen LogP contribution in [-0.2, 0) is 10.0 Å². The summed E-state index contributed by atoms with van der Waals surface area (Å²) in [6.07, 6.45) is 1.14. The Balaban J connectivity index is 2.28. The third-order valence-corrected chi connectivity index (χ3v) is 3.12. The minimum atomic E-state index is -3.78. The number of rotatable bonds is 3. The molecule has 0 aliphatic heterocycles. The first-order chi connectivity index (χ1) is 7.97. The van der Waals surface area contributed by atoms with Crippen molar-refractivity contribution < 1.29 is 12.9 Å². The van der Waals surface area contributed by atoms with Crippen LogP contribution in [0.4, 0.5) is 11.8 Å². The summed E-state index contributed by atoms with van der Waals surface area (Å²) in [4.78, 5) is 7.37. The lowest BCUT2D eigenvalue weighted by Crippen LogP contribution is -2.13. The largest absolute Gasteiger partial charge is 0.384 e. The number of aromatic nitrogens is 3. The number of aryl methyl sites for hydroxylation is 1. The summed E-state index contributed by atoms with van der Waals surface area (Å²) in [5.41, 5.74) is 5.36. The van der Waals surface area contributed by atoms with E-state index < -0.39 is 10.0 Å². The van der Waals surface area contributed by atoms with Crippen molar-refractivity contribution in [2.45, 2.75) is 11.8 Å². The predicted octanol–water partition coefficient (Wildman–Crippen LogP) is 0.156. The molecule has 2 aromatic rings. The molecule has 0 fully saturated rings. The lowest BCUT2D eigenvalue weighted by molar-refractivity contribution is 0.429. The summed E-state index contributed by atoms with van der Waals surface area (Å²) in [5, 5.41) is 3.46. The number of hydrogen-bond donors (Lipinski definition) is 2. The van der Waals surface area contributed by atoms with Crippen molar-refractivity contribution in [3.63, 3.8) is 0 Å². The highest BCUT2D eigenvalue weighted by atomic mass is 32.2. The maximum atomic E-state index is 11.8. The maximum absolute atomic E-state index is 11.8. The number of pyridine rings is 1. The van der Waals surface area contributed by atoms with E-state index in [-0.39, 0.29) is 16.7 Å². The third kappa shape index (κ3) is 2.50. The first-order valence-electron chi connectivity index (χ1n) is 4.52. The topological polar surface area (TPSA) is 124 Å². The number of nitrogens with one attached hydrogen (secondary N) is 1. The second-order valence-electron chi connectivity index (χ2n) is 3.17. The molecule has 0 aliphatic rings. The molecule has 0 spiro atoms. The van der Waals surface area contributed by atoms with Crippen LogP contribution in [-0.4, -0.2) is 23.5 Å². The van der Waals surface area contributed by atoms with Crippen LogP contribution in [0.25, 0.3) is 0 Å². The molecule has 0 unspecified atom stereocenters. The molecule has 9 heteroatoms. The Morgan fingerprint density at radius 2 is 2.18 bits per heavy atom. The zero-order chi connectivity index (χ0) is 12.5. The van der Waals surface area contributed by atoms with Gasteiger partial charge in [-0.1, -0.05) is 5.16 Å². The van der Waals surface area contributed by atoms with E-state index in [4.69, 9.17) is 5.73 Å². The molecular formula is C8H9N5O3S. The predicted molar refractivity (Wildman–Crippen MR) is 58.5 cm³/mol. The average molecular weight is 255 g/mol. The second-order valence-corrected chi connectivity index (χ2v) is 4.85.